The maximum atomic E-state index is 14.3. The molecule has 0 aliphatic carbocycles. The van der Waals surface area contributed by atoms with Crippen molar-refractivity contribution in [2.24, 2.45) is 11.7 Å². The van der Waals surface area contributed by atoms with Crippen LogP contribution in [0.1, 0.15) is 26.5 Å². The minimum Gasteiger partial charge on any atom is -0.462 e. The van der Waals surface area contributed by atoms with Crippen molar-refractivity contribution >= 4 is 11.8 Å². The van der Waals surface area contributed by atoms with Gasteiger partial charge < -0.3 is 26.0 Å². The van der Waals surface area contributed by atoms with Crippen LogP contribution in [0.4, 0.5) is 14.6 Å². The number of nitrogens with two attached hydrogens (primary N) is 2. The van der Waals surface area contributed by atoms with Crippen LogP contribution >= 0.6 is 0 Å². The summed E-state index contributed by atoms with van der Waals surface area (Å²) in [5.74, 6) is -4.59. The summed E-state index contributed by atoms with van der Waals surface area (Å²) >= 11 is 0. The molecule has 0 unspecified atom stereocenters. The van der Waals surface area contributed by atoms with Gasteiger partial charge in [0, 0.05) is 6.20 Å². The first-order valence-electron chi connectivity index (χ1n) is 8.02. The molecule has 11 heteroatoms. The highest BCUT2D eigenvalue weighted by Gasteiger charge is 2.60. The Balaban J connectivity index is 2.08. The number of ether oxygens (including phenoxy) is 2. The van der Waals surface area contributed by atoms with Gasteiger partial charge in [-0.05, 0) is 18.4 Å². The monoisotopic (exact) mass is 376 g/mol. The summed E-state index contributed by atoms with van der Waals surface area (Å²) in [7, 11) is 0. The molecule has 1 aliphatic rings. The van der Waals surface area contributed by atoms with E-state index in [0.717, 1.165) is 12.3 Å². The minimum atomic E-state index is -3.81. The van der Waals surface area contributed by atoms with Crippen LogP contribution in [0.15, 0.2) is 17.1 Å². The number of anilines is 1. The average Bonchev–Trinajstić information content (AvgIpc) is 2.75. The number of hydrogen-bond acceptors (Lipinski definition) is 8. The molecule has 1 aromatic heterocycles. The zero-order valence-electron chi connectivity index (χ0n) is 14.3. The molecule has 4 atom stereocenters. The van der Waals surface area contributed by atoms with Gasteiger partial charge in [0.05, 0.1) is 0 Å². The Morgan fingerprint density at radius 2 is 2.19 bits per heavy atom. The number of esters is 1. The first-order valence-corrected chi connectivity index (χ1v) is 8.02. The first kappa shape index (κ1) is 20.2. The second kappa shape index (κ2) is 7.64. The number of aromatic nitrogens is 2. The van der Waals surface area contributed by atoms with Gasteiger partial charge in [-0.1, -0.05) is 13.8 Å². The number of nitrogen functional groups attached to an aromatic ring is 1. The van der Waals surface area contributed by atoms with Gasteiger partial charge in [-0.15, -0.1) is 0 Å². The normalized spacial score (nSPS) is 26.0. The van der Waals surface area contributed by atoms with Crippen LogP contribution in [-0.2, 0) is 14.3 Å². The van der Waals surface area contributed by atoms with Gasteiger partial charge in [0.1, 0.15) is 24.6 Å². The first-order chi connectivity index (χ1) is 12.0. The van der Waals surface area contributed by atoms with Crippen molar-refractivity contribution in [3.63, 3.8) is 0 Å². The van der Waals surface area contributed by atoms with Gasteiger partial charge >= 0.3 is 17.6 Å². The lowest BCUT2D eigenvalue weighted by Crippen LogP contribution is -2.42. The molecule has 146 valence electrons. The number of carbonyl (C=O) groups excluding carboxylic acids is 1. The summed E-state index contributed by atoms with van der Waals surface area (Å²) < 4.78 is 39.1. The summed E-state index contributed by atoms with van der Waals surface area (Å²) in [6.07, 6.45) is -4.58. The quantitative estimate of drug-likeness (QED) is 0.571. The van der Waals surface area contributed by atoms with E-state index in [2.05, 4.69) is 4.98 Å². The fraction of sp³-hybridized carbons (Fsp3) is 0.667. The summed E-state index contributed by atoms with van der Waals surface area (Å²) in [5, 5.41) is 9.83. The molecule has 0 spiro atoms. The molecule has 26 heavy (non-hydrogen) atoms. The molecule has 1 saturated heterocycles. The maximum absolute atomic E-state index is 14.3. The van der Waals surface area contributed by atoms with Crippen LogP contribution in [-0.4, -0.2) is 51.4 Å². The number of alkyl halides is 2. The molecular formula is C15H22F2N4O5. The Hall–Kier alpha value is -2.11. The summed E-state index contributed by atoms with van der Waals surface area (Å²) in [6.45, 7) is 3.09. The third kappa shape index (κ3) is 4.17. The number of carbonyl (C=O) groups is 1. The van der Waals surface area contributed by atoms with Crippen molar-refractivity contribution in [1.29, 1.82) is 0 Å². The minimum absolute atomic E-state index is 0.141. The van der Waals surface area contributed by atoms with Gasteiger partial charge in [0.25, 0.3) is 0 Å². The average molecular weight is 376 g/mol. The highest BCUT2D eigenvalue weighted by Crippen LogP contribution is 2.42. The number of aliphatic hydroxyl groups is 1. The molecule has 0 bridgehead atoms. The fourth-order valence-corrected chi connectivity index (χ4v) is 2.59. The van der Waals surface area contributed by atoms with E-state index in [4.69, 9.17) is 20.9 Å². The van der Waals surface area contributed by atoms with Crippen LogP contribution < -0.4 is 17.2 Å². The van der Waals surface area contributed by atoms with E-state index in [1.54, 1.807) is 0 Å². The molecule has 0 amide bonds. The molecule has 0 aromatic carbocycles. The Bertz CT molecular complexity index is 712. The third-order valence-electron chi connectivity index (χ3n) is 3.90. The lowest BCUT2D eigenvalue weighted by molar-refractivity contribution is -0.152. The lowest BCUT2D eigenvalue weighted by atomic mass is 10.0. The third-order valence-corrected chi connectivity index (χ3v) is 3.90. The van der Waals surface area contributed by atoms with Crippen LogP contribution in [0.3, 0.4) is 0 Å². The predicted molar refractivity (Wildman–Crippen MR) is 86.2 cm³/mol. The van der Waals surface area contributed by atoms with E-state index in [-0.39, 0.29) is 11.7 Å². The van der Waals surface area contributed by atoms with Crippen LogP contribution in [0, 0.1) is 5.92 Å². The molecule has 0 saturated carbocycles. The van der Waals surface area contributed by atoms with Crippen molar-refractivity contribution in [3.8, 4) is 0 Å². The number of hydrogen-bond donors (Lipinski definition) is 3. The Morgan fingerprint density at radius 1 is 1.54 bits per heavy atom. The van der Waals surface area contributed by atoms with Crippen molar-refractivity contribution in [2.45, 2.75) is 50.7 Å². The molecule has 5 N–H and O–H groups in total. The van der Waals surface area contributed by atoms with Gasteiger partial charge in [-0.25, -0.2) is 4.79 Å². The smallest absolute Gasteiger partial charge is 0.351 e. The molecule has 1 aromatic rings. The summed E-state index contributed by atoms with van der Waals surface area (Å²) in [6, 6.07) is 0.236. The summed E-state index contributed by atoms with van der Waals surface area (Å²) in [4.78, 5) is 26.9. The molecular weight excluding hydrogens is 354 g/mol. The number of rotatable bonds is 6. The fourth-order valence-electron chi connectivity index (χ4n) is 2.59. The molecule has 2 rings (SSSR count). The zero-order valence-corrected chi connectivity index (χ0v) is 14.3. The van der Waals surface area contributed by atoms with Gasteiger partial charge in [0.15, 0.2) is 6.10 Å². The Labute approximate surface area is 147 Å². The van der Waals surface area contributed by atoms with Crippen LogP contribution in [0.25, 0.3) is 0 Å². The molecule has 9 nitrogen and oxygen atoms in total. The topological polar surface area (TPSA) is 143 Å². The van der Waals surface area contributed by atoms with Crippen LogP contribution in [0.5, 0.6) is 0 Å². The molecule has 0 radical (unpaired) electrons. The standard InChI is InChI=1S/C15H22F2N4O5/c1-7(2)5-8(18)12(23)25-6-9-11(22)15(16,17)13(26-9)21-4-3-10(19)20-14(21)24/h3-4,7-9,11,13,22H,5-6,18H2,1-2H3,(H2,19,20,24)/t8-,9+,11+,13+/m0/s1. The Kier molecular flexibility index (Phi) is 5.94. The van der Waals surface area contributed by atoms with E-state index >= 15 is 0 Å². The van der Waals surface area contributed by atoms with E-state index in [1.165, 1.54) is 0 Å². The Morgan fingerprint density at radius 3 is 2.77 bits per heavy atom. The second-order valence-corrected chi connectivity index (χ2v) is 6.55. The SMILES string of the molecule is CC(C)C[C@H](N)C(=O)OC[C@H]1O[C@@H](n2ccc(N)nc2=O)C(F)(F)[C@@H]1O. The highest BCUT2D eigenvalue weighted by molar-refractivity contribution is 5.75. The second-order valence-electron chi connectivity index (χ2n) is 6.55. The zero-order chi connectivity index (χ0) is 19.6. The van der Waals surface area contributed by atoms with Gasteiger partial charge in [0.2, 0.25) is 6.23 Å². The van der Waals surface area contributed by atoms with Gasteiger partial charge in [-0.2, -0.15) is 13.8 Å². The highest BCUT2D eigenvalue weighted by atomic mass is 19.3. The van der Waals surface area contributed by atoms with Crippen molar-refractivity contribution in [1.82, 2.24) is 9.55 Å². The summed E-state index contributed by atoms with van der Waals surface area (Å²) in [5.41, 5.74) is 9.92. The number of halogens is 2. The van der Waals surface area contributed by atoms with E-state index in [9.17, 15) is 23.5 Å². The molecule has 1 aliphatic heterocycles. The largest absolute Gasteiger partial charge is 0.462 e. The van der Waals surface area contributed by atoms with Gasteiger partial charge in [-0.3, -0.25) is 9.36 Å². The number of aliphatic hydroxyl groups excluding tert-OH is 1. The predicted octanol–water partition coefficient (Wildman–Crippen LogP) is -0.364. The van der Waals surface area contributed by atoms with Crippen molar-refractivity contribution in [2.75, 3.05) is 12.3 Å². The lowest BCUT2D eigenvalue weighted by Gasteiger charge is -2.20. The van der Waals surface area contributed by atoms with Crippen molar-refractivity contribution < 1.29 is 28.2 Å². The maximum Gasteiger partial charge on any atom is 0.351 e. The van der Waals surface area contributed by atoms with Crippen LogP contribution in [0.2, 0.25) is 0 Å². The van der Waals surface area contributed by atoms with E-state index < -0.39 is 48.7 Å². The van der Waals surface area contributed by atoms with E-state index in [0.29, 0.717) is 11.0 Å². The number of nitrogens with zero attached hydrogens (tertiary/aromatic N) is 2. The van der Waals surface area contributed by atoms with Crippen molar-refractivity contribution in [3.05, 3.63) is 22.7 Å². The molecule has 1 fully saturated rings. The van der Waals surface area contributed by atoms with E-state index in [1.807, 2.05) is 13.8 Å². The molecule has 2 heterocycles.